The molecule has 0 unspecified atom stereocenters. The van der Waals surface area contributed by atoms with E-state index in [2.05, 4.69) is 32.3 Å². The Balaban J connectivity index is 1.58. The first-order chi connectivity index (χ1) is 7.27. The quantitative estimate of drug-likeness (QED) is 0.797. The van der Waals surface area contributed by atoms with Gasteiger partial charge >= 0.3 is 0 Å². The van der Waals surface area contributed by atoms with Crippen molar-refractivity contribution in [1.29, 1.82) is 0 Å². The van der Waals surface area contributed by atoms with Gasteiger partial charge in [-0.15, -0.1) is 11.3 Å². The zero-order chi connectivity index (χ0) is 10.3. The number of likely N-dealkylation sites (tertiary alicyclic amines) is 1. The molecule has 0 atom stereocenters. The van der Waals surface area contributed by atoms with Crippen LogP contribution in [0, 0.1) is 5.41 Å². The molecule has 1 saturated carbocycles. The van der Waals surface area contributed by atoms with Gasteiger partial charge in [0.15, 0.2) is 0 Å². The van der Waals surface area contributed by atoms with E-state index >= 15 is 0 Å². The molecule has 15 heavy (non-hydrogen) atoms. The van der Waals surface area contributed by atoms with Crippen LogP contribution in [0.2, 0.25) is 0 Å². The minimum Gasteiger partial charge on any atom is -0.298 e. The molecule has 3 rings (SSSR count). The molecule has 1 nitrogen and oxygen atoms in total. The van der Waals surface area contributed by atoms with E-state index in [0.717, 1.165) is 12.0 Å². The van der Waals surface area contributed by atoms with Gasteiger partial charge in [-0.1, -0.05) is 12.8 Å². The van der Waals surface area contributed by atoms with Gasteiger partial charge in [-0.2, -0.15) is 0 Å². The Bertz CT molecular complexity index is 346. The average Bonchev–Trinajstić information content (AvgIpc) is 2.75. The molecular weight excluding hydrogens is 270 g/mol. The maximum absolute atomic E-state index is 3.61. The largest absolute Gasteiger partial charge is 0.298 e. The van der Waals surface area contributed by atoms with E-state index in [4.69, 9.17) is 0 Å². The Labute approximate surface area is 104 Å². The van der Waals surface area contributed by atoms with E-state index in [9.17, 15) is 0 Å². The summed E-state index contributed by atoms with van der Waals surface area (Å²) in [7, 11) is 0. The first kappa shape index (κ1) is 10.3. The number of rotatable bonds is 2. The third kappa shape index (κ3) is 1.90. The Hall–Kier alpha value is 0.140. The highest BCUT2D eigenvalue weighted by atomic mass is 79.9. The third-order valence-corrected chi connectivity index (χ3v) is 5.68. The van der Waals surface area contributed by atoms with Gasteiger partial charge in [0.05, 0.1) is 3.79 Å². The van der Waals surface area contributed by atoms with Crippen LogP contribution in [0.25, 0.3) is 0 Å². The molecule has 0 N–H and O–H groups in total. The van der Waals surface area contributed by atoms with Crippen molar-refractivity contribution in [3.63, 3.8) is 0 Å². The fraction of sp³-hybridized carbons (Fsp3) is 0.667. The molecule has 0 amide bonds. The molecule has 2 aliphatic rings. The molecule has 2 fully saturated rings. The van der Waals surface area contributed by atoms with Crippen molar-refractivity contribution in [3.8, 4) is 0 Å². The Morgan fingerprint density at radius 3 is 2.67 bits per heavy atom. The molecule has 1 aliphatic carbocycles. The first-order valence-electron chi connectivity index (χ1n) is 5.72. The van der Waals surface area contributed by atoms with Crippen LogP contribution in [-0.4, -0.2) is 18.0 Å². The van der Waals surface area contributed by atoms with Gasteiger partial charge in [-0.05, 0) is 51.2 Å². The lowest BCUT2D eigenvalue weighted by Gasteiger charge is -2.48. The molecule has 1 aromatic rings. The zero-order valence-corrected chi connectivity index (χ0v) is 11.2. The second kappa shape index (κ2) is 3.86. The fourth-order valence-electron chi connectivity index (χ4n) is 3.13. The minimum atomic E-state index is 0.739. The highest BCUT2D eigenvalue weighted by molar-refractivity contribution is 9.11. The molecule has 1 saturated heterocycles. The van der Waals surface area contributed by atoms with Gasteiger partial charge in [0.25, 0.3) is 0 Å². The van der Waals surface area contributed by atoms with Crippen molar-refractivity contribution >= 4 is 27.3 Å². The van der Waals surface area contributed by atoms with Crippen LogP contribution in [0.15, 0.2) is 15.2 Å². The van der Waals surface area contributed by atoms with E-state index in [1.807, 2.05) is 0 Å². The standard InChI is InChI=1S/C12H16BrNS/c13-11-10(3-6-15-11)7-14-8-12(9-14)4-1-2-5-12/h3,6H,1-2,4-5,7-9H2. The maximum Gasteiger partial charge on any atom is 0.0743 e. The normalized spacial score (nSPS) is 24.6. The van der Waals surface area contributed by atoms with Gasteiger partial charge < -0.3 is 0 Å². The molecule has 0 radical (unpaired) electrons. The van der Waals surface area contributed by atoms with E-state index < -0.39 is 0 Å². The summed E-state index contributed by atoms with van der Waals surface area (Å²) in [5.74, 6) is 0. The van der Waals surface area contributed by atoms with Crippen LogP contribution in [0.5, 0.6) is 0 Å². The first-order valence-corrected chi connectivity index (χ1v) is 7.39. The molecule has 2 heterocycles. The van der Waals surface area contributed by atoms with Crippen molar-refractivity contribution in [2.75, 3.05) is 13.1 Å². The number of nitrogens with zero attached hydrogens (tertiary/aromatic N) is 1. The smallest absolute Gasteiger partial charge is 0.0743 e. The second-order valence-corrected chi connectivity index (χ2v) is 7.31. The van der Waals surface area contributed by atoms with E-state index in [-0.39, 0.29) is 0 Å². The molecule has 3 heteroatoms. The summed E-state index contributed by atoms with van der Waals surface area (Å²) in [6.45, 7) is 3.83. The molecule has 1 spiro atoms. The molecule has 0 bridgehead atoms. The van der Waals surface area contributed by atoms with Gasteiger partial charge in [-0.25, -0.2) is 0 Å². The molecule has 0 aromatic carbocycles. The van der Waals surface area contributed by atoms with Gasteiger partial charge in [-0.3, -0.25) is 4.90 Å². The minimum absolute atomic E-state index is 0.739. The van der Waals surface area contributed by atoms with E-state index in [0.29, 0.717) is 0 Å². The molecule has 1 aliphatic heterocycles. The predicted octanol–water partition coefficient (Wildman–Crippen LogP) is 3.89. The van der Waals surface area contributed by atoms with Gasteiger partial charge in [0, 0.05) is 19.6 Å². The molecule has 1 aromatic heterocycles. The lowest BCUT2D eigenvalue weighted by Crippen LogP contribution is -2.54. The number of hydrogen-bond acceptors (Lipinski definition) is 2. The number of halogens is 1. The second-order valence-electron chi connectivity index (χ2n) is 5.07. The summed E-state index contributed by atoms with van der Waals surface area (Å²) in [6, 6.07) is 2.24. The Morgan fingerprint density at radius 1 is 1.33 bits per heavy atom. The Kier molecular flexibility index (Phi) is 2.65. The monoisotopic (exact) mass is 285 g/mol. The van der Waals surface area contributed by atoms with Crippen molar-refractivity contribution in [1.82, 2.24) is 4.90 Å². The summed E-state index contributed by atoms with van der Waals surface area (Å²) in [5.41, 5.74) is 2.20. The third-order valence-electron chi connectivity index (χ3n) is 3.87. The predicted molar refractivity (Wildman–Crippen MR) is 68.2 cm³/mol. The van der Waals surface area contributed by atoms with Crippen LogP contribution in [-0.2, 0) is 6.54 Å². The van der Waals surface area contributed by atoms with Crippen LogP contribution >= 0.6 is 27.3 Å². The van der Waals surface area contributed by atoms with Crippen LogP contribution in [0.3, 0.4) is 0 Å². The molecule has 82 valence electrons. The van der Waals surface area contributed by atoms with E-state index in [1.54, 1.807) is 11.3 Å². The summed E-state index contributed by atoms with van der Waals surface area (Å²) >= 11 is 5.41. The SMILES string of the molecule is Brc1sccc1CN1CC2(CCCC2)C1. The van der Waals surface area contributed by atoms with Crippen molar-refractivity contribution in [2.45, 2.75) is 32.2 Å². The summed E-state index contributed by atoms with van der Waals surface area (Å²) in [5, 5.41) is 2.17. The summed E-state index contributed by atoms with van der Waals surface area (Å²) < 4.78 is 1.31. The van der Waals surface area contributed by atoms with Crippen LogP contribution < -0.4 is 0 Å². The summed E-state index contributed by atoms with van der Waals surface area (Å²) in [4.78, 5) is 2.60. The number of thiophene rings is 1. The van der Waals surface area contributed by atoms with Crippen molar-refractivity contribution in [2.24, 2.45) is 5.41 Å². The number of hydrogen-bond donors (Lipinski definition) is 0. The molecular formula is C12H16BrNS. The Morgan fingerprint density at radius 2 is 2.07 bits per heavy atom. The summed E-state index contributed by atoms with van der Waals surface area (Å²) in [6.07, 6.45) is 5.90. The zero-order valence-electron chi connectivity index (χ0n) is 8.84. The lowest BCUT2D eigenvalue weighted by atomic mass is 9.78. The van der Waals surface area contributed by atoms with Gasteiger partial charge in [0.1, 0.15) is 0 Å². The highest BCUT2D eigenvalue weighted by Gasteiger charge is 2.44. The van der Waals surface area contributed by atoms with Crippen LogP contribution in [0.1, 0.15) is 31.2 Å². The topological polar surface area (TPSA) is 3.24 Å². The maximum atomic E-state index is 3.61. The van der Waals surface area contributed by atoms with Gasteiger partial charge in [0.2, 0.25) is 0 Å². The lowest BCUT2D eigenvalue weighted by molar-refractivity contribution is -0.000290. The van der Waals surface area contributed by atoms with Crippen LogP contribution in [0.4, 0.5) is 0 Å². The van der Waals surface area contributed by atoms with Crippen molar-refractivity contribution < 1.29 is 0 Å². The highest BCUT2D eigenvalue weighted by Crippen LogP contribution is 2.46. The fourth-order valence-corrected chi connectivity index (χ4v) is 4.35. The van der Waals surface area contributed by atoms with E-state index in [1.165, 1.54) is 48.1 Å². The average molecular weight is 286 g/mol. The van der Waals surface area contributed by atoms with Crippen molar-refractivity contribution in [3.05, 3.63) is 20.8 Å².